The van der Waals surface area contributed by atoms with E-state index in [9.17, 15) is 4.79 Å². The minimum atomic E-state index is 0.109. The van der Waals surface area contributed by atoms with E-state index in [4.69, 9.17) is 0 Å². The van der Waals surface area contributed by atoms with Crippen molar-refractivity contribution in [3.8, 4) is 11.1 Å². The van der Waals surface area contributed by atoms with Gasteiger partial charge in [0.15, 0.2) is 5.78 Å². The predicted molar refractivity (Wildman–Crippen MR) is 80.6 cm³/mol. The van der Waals surface area contributed by atoms with Crippen molar-refractivity contribution in [2.45, 2.75) is 33.1 Å². The Morgan fingerprint density at radius 3 is 2.32 bits per heavy atom. The number of carbonyl (C=O) groups excluding carboxylic acids is 1. The van der Waals surface area contributed by atoms with E-state index in [2.05, 4.69) is 38.1 Å². The minimum Gasteiger partial charge on any atom is -0.295 e. The van der Waals surface area contributed by atoms with Crippen molar-refractivity contribution in [3.05, 3.63) is 59.7 Å². The molecule has 2 rings (SSSR count). The fourth-order valence-electron chi connectivity index (χ4n) is 2.16. The van der Waals surface area contributed by atoms with E-state index in [1.165, 1.54) is 5.56 Å². The van der Waals surface area contributed by atoms with Crippen molar-refractivity contribution in [1.29, 1.82) is 0 Å². The molecule has 0 saturated carbocycles. The standard InChI is InChI=1S/C18H20O/c1-4-13(2)15-8-10-16(11-9-15)18-7-5-6-17(12-18)14(3)19/h5-13H,4H2,1-3H3. The number of hydrogen-bond donors (Lipinski definition) is 0. The van der Waals surface area contributed by atoms with Crippen LogP contribution in [0.4, 0.5) is 0 Å². The molecule has 1 nitrogen and oxygen atoms in total. The highest BCUT2D eigenvalue weighted by molar-refractivity contribution is 5.95. The Bertz CT molecular complexity index is 566. The maximum Gasteiger partial charge on any atom is 0.159 e. The normalized spacial score (nSPS) is 12.2. The number of Topliss-reactive ketones (excluding diaryl/α,β-unsaturated/α-hetero) is 1. The lowest BCUT2D eigenvalue weighted by molar-refractivity contribution is 0.101. The fraction of sp³-hybridized carbons (Fsp3) is 0.278. The lowest BCUT2D eigenvalue weighted by atomic mass is 9.95. The second-order valence-corrected chi connectivity index (χ2v) is 5.07. The molecule has 0 aliphatic carbocycles. The van der Waals surface area contributed by atoms with Crippen LogP contribution in [0.2, 0.25) is 0 Å². The van der Waals surface area contributed by atoms with Crippen LogP contribution in [0.15, 0.2) is 48.5 Å². The van der Waals surface area contributed by atoms with Crippen molar-refractivity contribution < 1.29 is 4.79 Å². The summed E-state index contributed by atoms with van der Waals surface area (Å²) in [5.41, 5.74) is 4.40. The lowest BCUT2D eigenvalue weighted by Crippen LogP contribution is -1.93. The van der Waals surface area contributed by atoms with E-state index in [1.54, 1.807) is 6.92 Å². The number of hydrogen-bond acceptors (Lipinski definition) is 1. The zero-order valence-corrected chi connectivity index (χ0v) is 11.8. The van der Waals surface area contributed by atoms with Gasteiger partial charge in [0.25, 0.3) is 0 Å². The van der Waals surface area contributed by atoms with Crippen LogP contribution in [0.25, 0.3) is 11.1 Å². The first-order valence-electron chi connectivity index (χ1n) is 6.83. The Morgan fingerprint density at radius 2 is 1.74 bits per heavy atom. The molecule has 0 fully saturated rings. The van der Waals surface area contributed by atoms with E-state index in [-0.39, 0.29) is 5.78 Å². The molecular formula is C18H20O. The Balaban J connectivity index is 2.32. The molecule has 19 heavy (non-hydrogen) atoms. The van der Waals surface area contributed by atoms with Crippen LogP contribution >= 0.6 is 0 Å². The van der Waals surface area contributed by atoms with Gasteiger partial charge in [-0.15, -0.1) is 0 Å². The predicted octanol–water partition coefficient (Wildman–Crippen LogP) is 5.07. The van der Waals surface area contributed by atoms with Gasteiger partial charge in [0.05, 0.1) is 0 Å². The molecule has 0 amide bonds. The largest absolute Gasteiger partial charge is 0.295 e. The third kappa shape index (κ3) is 3.11. The van der Waals surface area contributed by atoms with Crippen LogP contribution in [0, 0.1) is 0 Å². The van der Waals surface area contributed by atoms with Gasteiger partial charge in [0, 0.05) is 5.56 Å². The molecule has 0 radical (unpaired) electrons. The molecule has 0 bridgehead atoms. The summed E-state index contributed by atoms with van der Waals surface area (Å²) in [7, 11) is 0. The van der Waals surface area contributed by atoms with Gasteiger partial charge in [0.1, 0.15) is 0 Å². The Morgan fingerprint density at radius 1 is 1.05 bits per heavy atom. The van der Waals surface area contributed by atoms with Gasteiger partial charge < -0.3 is 0 Å². The molecule has 0 aliphatic rings. The van der Waals surface area contributed by atoms with Gasteiger partial charge in [0.2, 0.25) is 0 Å². The topological polar surface area (TPSA) is 17.1 Å². The van der Waals surface area contributed by atoms with Crippen LogP contribution in [-0.2, 0) is 0 Å². The highest BCUT2D eigenvalue weighted by atomic mass is 16.1. The monoisotopic (exact) mass is 252 g/mol. The molecule has 2 aromatic carbocycles. The molecule has 0 spiro atoms. The summed E-state index contributed by atoms with van der Waals surface area (Å²) in [4.78, 5) is 11.4. The van der Waals surface area contributed by atoms with Crippen LogP contribution in [0.1, 0.15) is 49.0 Å². The van der Waals surface area contributed by atoms with Crippen molar-refractivity contribution in [1.82, 2.24) is 0 Å². The Labute approximate surface area is 115 Å². The molecular weight excluding hydrogens is 232 g/mol. The van der Waals surface area contributed by atoms with E-state index in [0.717, 1.165) is 23.1 Å². The summed E-state index contributed by atoms with van der Waals surface area (Å²) in [6.45, 7) is 6.05. The maximum absolute atomic E-state index is 11.4. The minimum absolute atomic E-state index is 0.109. The summed E-state index contributed by atoms with van der Waals surface area (Å²) in [6, 6.07) is 16.5. The van der Waals surface area contributed by atoms with Crippen molar-refractivity contribution in [2.24, 2.45) is 0 Å². The smallest absolute Gasteiger partial charge is 0.159 e. The first-order valence-corrected chi connectivity index (χ1v) is 6.83. The molecule has 98 valence electrons. The Kier molecular flexibility index (Phi) is 4.16. The number of carbonyl (C=O) groups is 1. The zero-order chi connectivity index (χ0) is 13.8. The number of benzene rings is 2. The van der Waals surface area contributed by atoms with E-state index in [0.29, 0.717) is 5.92 Å². The molecule has 0 N–H and O–H groups in total. The highest BCUT2D eigenvalue weighted by Gasteiger charge is 2.05. The number of ketones is 1. The molecule has 0 aromatic heterocycles. The molecule has 1 heteroatoms. The van der Waals surface area contributed by atoms with Crippen LogP contribution in [0.3, 0.4) is 0 Å². The van der Waals surface area contributed by atoms with Gasteiger partial charge in [-0.3, -0.25) is 4.79 Å². The van der Waals surface area contributed by atoms with Crippen LogP contribution in [0.5, 0.6) is 0 Å². The molecule has 1 atom stereocenters. The number of rotatable bonds is 4. The summed E-state index contributed by atoms with van der Waals surface area (Å²) in [5, 5.41) is 0. The van der Waals surface area contributed by atoms with E-state index in [1.807, 2.05) is 24.3 Å². The average molecular weight is 252 g/mol. The SMILES string of the molecule is CCC(C)c1ccc(-c2cccc(C(C)=O)c2)cc1. The van der Waals surface area contributed by atoms with E-state index >= 15 is 0 Å². The summed E-state index contributed by atoms with van der Waals surface area (Å²) >= 11 is 0. The van der Waals surface area contributed by atoms with Crippen molar-refractivity contribution >= 4 is 5.78 Å². The van der Waals surface area contributed by atoms with Crippen LogP contribution in [-0.4, -0.2) is 5.78 Å². The lowest BCUT2D eigenvalue weighted by Gasteiger charge is -2.10. The van der Waals surface area contributed by atoms with Gasteiger partial charge in [-0.1, -0.05) is 56.3 Å². The summed E-state index contributed by atoms with van der Waals surface area (Å²) in [5.74, 6) is 0.704. The van der Waals surface area contributed by atoms with Crippen molar-refractivity contribution in [3.63, 3.8) is 0 Å². The van der Waals surface area contributed by atoms with Gasteiger partial charge in [-0.25, -0.2) is 0 Å². The fourth-order valence-corrected chi connectivity index (χ4v) is 2.16. The third-order valence-corrected chi connectivity index (χ3v) is 3.69. The molecule has 0 heterocycles. The molecule has 0 aliphatic heterocycles. The summed E-state index contributed by atoms with van der Waals surface area (Å²) in [6.07, 6.45) is 1.15. The third-order valence-electron chi connectivity index (χ3n) is 3.69. The van der Waals surface area contributed by atoms with Gasteiger partial charge >= 0.3 is 0 Å². The van der Waals surface area contributed by atoms with E-state index < -0.39 is 0 Å². The maximum atomic E-state index is 11.4. The molecule has 1 unspecified atom stereocenters. The quantitative estimate of drug-likeness (QED) is 0.694. The Hall–Kier alpha value is -1.89. The van der Waals surface area contributed by atoms with Crippen molar-refractivity contribution in [2.75, 3.05) is 0 Å². The van der Waals surface area contributed by atoms with Gasteiger partial charge in [-0.05, 0) is 42.0 Å². The van der Waals surface area contributed by atoms with Gasteiger partial charge in [-0.2, -0.15) is 0 Å². The first-order chi connectivity index (χ1) is 9.11. The second-order valence-electron chi connectivity index (χ2n) is 5.07. The van der Waals surface area contributed by atoms with Crippen LogP contribution < -0.4 is 0 Å². The average Bonchev–Trinajstić information content (AvgIpc) is 2.46. The zero-order valence-electron chi connectivity index (χ0n) is 11.8. The molecule has 2 aromatic rings. The molecule has 0 saturated heterocycles. The summed E-state index contributed by atoms with van der Waals surface area (Å²) < 4.78 is 0. The second kappa shape index (κ2) is 5.83. The highest BCUT2D eigenvalue weighted by Crippen LogP contribution is 2.24. The first kappa shape index (κ1) is 13.5.